The molecule has 2 N–H and O–H groups in total. The SMILES string of the molecule is COC(=O)c1ccc(CNc2cccc(CN(C)C)c2)[nH]1. The summed E-state index contributed by atoms with van der Waals surface area (Å²) in [5.41, 5.74) is 3.72. The molecule has 0 bridgehead atoms. The number of aromatic nitrogens is 1. The van der Waals surface area contributed by atoms with Gasteiger partial charge in [-0.25, -0.2) is 4.79 Å². The van der Waals surface area contributed by atoms with Crippen molar-refractivity contribution in [1.82, 2.24) is 9.88 Å². The molecule has 5 nitrogen and oxygen atoms in total. The van der Waals surface area contributed by atoms with Gasteiger partial charge in [-0.15, -0.1) is 0 Å². The van der Waals surface area contributed by atoms with Crippen LogP contribution in [0.4, 0.5) is 5.69 Å². The fraction of sp³-hybridized carbons (Fsp3) is 0.312. The number of hydrogen-bond donors (Lipinski definition) is 2. The summed E-state index contributed by atoms with van der Waals surface area (Å²) in [5.74, 6) is -0.353. The maximum absolute atomic E-state index is 11.4. The number of ether oxygens (including phenoxy) is 1. The second kappa shape index (κ2) is 6.95. The molecule has 1 aromatic carbocycles. The van der Waals surface area contributed by atoms with Crippen molar-refractivity contribution < 1.29 is 9.53 Å². The van der Waals surface area contributed by atoms with Crippen LogP contribution in [0, 0.1) is 0 Å². The van der Waals surface area contributed by atoms with Crippen molar-refractivity contribution in [1.29, 1.82) is 0 Å². The van der Waals surface area contributed by atoms with E-state index in [1.54, 1.807) is 6.07 Å². The highest BCUT2D eigenvalue weighted by molar-refractivity contribution is 5.87. The van der Waals surface area contributed by atoms with E-state index in [4.69, 9.17) is 0 Å². The number of carbonyl (C=O) groups is 1. The summed E-state index contributed by atoms with van der Waals surface area (Å²) in [7, 11) is 5.47. The molecule has 0 radical (unpaired) electrons. The molecule has 5 heteroatoms. The number of methoxy groups -OCH3 is 1. The minimum atomic E-state index is -0.353. The maximum atomic E-state index is 11.4. The number of esters is 1. The van der Waals surface area contributed by atoms with Gasteiger partial charge in [-0.05, 0) is 43.9 Å². The zero-order valence-electron chi connectivity index (χ0n) is 12.6. The second-order valence-electron chi connectivity index (χ2n) is 5.18. The van der Waals surface area contributed by atoms with Crippen LogP contribution in [0.5, 0.6) is 0 Å². The van der Waals surface area contributed by atoms with Gasteiger partial charge in [0, 0.05) is 17.9 Å². The molecule has 0 saturated carbocycles. The van der Waals surface area contributed by atoms with E-state index in [2.05, 4.69) is 32.1 Å². The number of hydrogen-bond acceptors (Lipinski definition) is 4. The first-order chi connectivity index (χ1) is 10.1. The molecule has 0 aliphatic carbocycles. The Kier molecular flexibility index (Phi) is 5.00. The van der Waals surface area contributed by atoms with Gasteiger partial charge in [-0.2, -0.15) is 0 Å². The third-order valence-electron chi connectivity index (χ3n) is 3.06. The summed E-state index contributed by atoms with van der Waals surface area (Å²) < 4.78 is 4.67. The number of rotatable bonds is 6. The Hall–Kier alpha value is -2.27. The van der Waals surface area contributed by atoms with Gasteiger partial charge in [0.25, 0.3) is 0 Å². The van der Waals surface area contributed by atoms with E-state index in [1.165, 1.54) is 12.7 Å². The first kappa shape index (κ1) is 15.1. The molecule has 0 aliphatic rings. The van der Waals surface area contributed by atoms with E-state index >= 15 is 0 Å². The predicted octanol–water partition coefficient (Wildman–Crippen LogP) is 2.48. The average Bonchev–Trinajstić information content (AvgIpc) is 2.93. The Morgan fingerprint density at radius 1 is 1.29 bits per heavy atom. The van der Waals surface area contributed by atoms with Crippen molar-refractivity contribution in [2.45, 2.75) is 13.1 Å². The summed E-state index contributed by atoms with van der Waals surface area (Å²) in [5, 5.41) is 3.34. The van der Waals surface area contributed by atoms with E-state index in [1.807, 2.05) is 32.3 Å². The molecule has 0 saturated heterocycles. The lowest BCUT2D eigenvalue weighted by atomic mass is 10.2. The van der Waals surface area contributed by atoms with Crippen LogP contribution in [0.25, 0.3) is 0 Å². The number of anilines is 1. The Morgan fingerprint density at radius 3 is 2.81 bits per heavy atom. The molecule has 0 amide bonds. The van der Waals surface area contributed by atoms with Crippen molar-refractivity contribution in [3.8, 4) is 0 Å². The Balaban J connectivity index is 1.96. The third-order valence-corrected chi connectivity index (χ3v) is 3.06. The first-order valence-electron chi connectivity index (χ1n) is 6.82. The van der Waals surface area contributed by atoms with E-state index in [-0.39, 0.29) is 5.97 Å². The molecule has 2 aromatic rings. The van der Waals surface area contributed by atoms with Gasteiger partial charge in [-0.3, -0.25) is 0 Å². The van der Waals surface area contributed by atoms with Crippen molar-refractivity contribution in [3.63, 3.8) is 0 Å². The van der Waals surface area contributed by atoms with Crippen molar-refractivity contribution in [3.05, 3.63) is 53.3 Å². The molecule has 2 rings (SSSR count). The summed E-state index contributed by atoms with van der Waals surface area (Å²) in [4.78, 5) is 16.5. The number of carbonyl (C=O) groups excluding carboxylic acids is 1. The minimum absolute atomic E-state index is 0.353. The van der Waals surface area contributed by atoms with Crippen molar-refractivity contribution in [2.75, 3.05) is 26.5 Å². The highest BCUT2D eigenvalue weighted by Gasteiger charge is 2.07. The second-order valence-corrected chi connectivity index (χ2v) is 5.18. The van der Waals surface area contributed by atoms with Gasteiger partial charge in [-0.1, -0.05) is 12.1 Å². The molecule has 1 aromatic heterocycles. The lowest BCUT2D eigenvalue weighted by Gasteiger charge is -2.11. The van der Waals surface area contributed by atoms with Crippen LogP contribution in [-0.2, 0) is 17.8 Å². The smallest absolute Gasteiger partial charge is 0.354 e. The van der Waals surface area contributed by atoms with Crippen LogP contribution in [-0.4, -0.2) is 37.1 Å². The molecule has 0 aliphatic heterocycles. The fourth-order valence-corrected chi connectivity index (χ4v) is 2.11. The summed E-state index contributed by atoms with van der Waals surface area (Å²) in [6.45, 7) is 1.53. The lowest BCUT2D eigenvalue weighted by molar-refractivity contribution is 0.0594. The number of nitrogens with one attached hydrogen (secondary N) is 2. The molecule has 1 heterocycles. The van der Waals surface area contributed by atoms with Crippen LogP contribution < -0.4 is 5.32 Å². The fourth-order valence-electron chi connectivity index (χ4n) is 2.11. The number of nitrogens with zero attached hydrogens (tertiary/aromatic N) is 1. The van der Waals surface area contributed by atoms with Crippen molar-refractivity contribution in [2.24, 2.45) is 0 Å². The normalized spacial score (nSPS) is 10.7. The van der Waals surface area contributed by atoms with Gasteiger partial charge in [0.15, 0.2) is 0 Å². The Labute approximate surface area is 124 Å². The van der Waals surface area contributed by atoms with Gasteiger partial charge in [0.05, 0.1) is 13.7 Å². The van der Waals surface area contributed by atoms with E-state index in [0.29, 0.717) is 12.2 Å². The van der Waals surface area contributed by atoms with Crippen LogP contribution in [0.1, 0.15) is 21.7 Å². The Morgan fingerprint density at radius 2 is 2.10 bits per heavy atom. The van der Waals surface area contributed by atoms with Crippen LogP contribution in [0.15, 0.2) is 36.4 Å². The van der Waals surface area contributed by atoms with Gasteiger partial charge >= 0.3 is 5.97 Å². The third kappa shape index (κ3) is 4.36. The standard InChI is InChI=1S/C16H21N3O2/c1-19(2)11-12-5-4-6-13(9-12)17-10-14-7-8-15(18-14)16(20)21-3/h4-9,17-18H,10-11H2,1-3H3. The Bertz CT molecular complexity index is 605. The summed E-state index contributed by atoms with van der Waals surface area (Å²) in [6.07, 6.45) is 0. The van der Waals surface area contributed by atoms with Gasteiger partial charge in [0.1, 0.15) is 5.69 Å². The lowest BCUT2D eigenvalue weighted by Crippen LogP contribution is -2.10. The molecule has 0 atom stereocenters. The summed E-state index contributed by atoms with van der Waals surface area (Å²) >= 11 is 0. The van der Waals surface area contributed by atoms with Crippen LogP contribution in [0.3, 0.4) is 0 Å². The van der Waals surface area contributed by atoms with E-state index in [0.717, 1.165) is 17.9 Å². The van der Waals surface area contributed by atoms with E-state index < -0.39 is 0 Å². The monoisotopic (exact) mass is 287 g/mol. The highest BCUT2D eigenvalue weighted by atomic mass is 16.5. The molecule has 112 valence electrons. The van der Waals surface area contributed by atoms with E-state index in [9.17, 15) is 4.79 Å². The average molecular weight is 287 g/mol. The topological polar surface area (TPSA) is 57.4 Å². The number of H-pyrrole nitrogens is 1. The predicted molar refractivity (Wildman–Crippen MR) is 83.3 cm³/mol. The molecular weight excluding hydrogens is 266 g/mol. The van der Waals surface area contributed by atoms with Gasteiger partial charge < -0.3 is 19.9 Å². The van der Waals surface area contributed by atoms with Crippen molar-refractivity contribution >= 4 is 11.7 Å². The first-order valence-corrected chi connectivity index (χ1v) is 6.82. The number of benzene rings is 1. The zero-order valence-corrected chi connectivity index (χ0v) is 12.6. The molecule has 0 unspecified atom stereocenters. The molecule has 0 fully saturated rings. The van der Waals surface area contributed by atoms with Gasteiger partial charge in [0.2, 0.25) is 0 Å². The highest BCUT2D eigenvalue weighted by Crippen LogP contribution is 2.13. The van der Waals surface area contributed by atoms with Crippen LogP contribution in [0.2, 0.25) is 0 Å². The molecule has 21 heavy (non-hydrogen) atoms. The molecular formula is C16H21N3O2. The summed E-state index contributed by atoms with van der Waals surface area (Å²) in [6, 6.07) is 11.9. The zero-order chi connectivity index (χ0) is 15.2. The molecule has 0 spiro atoms. The maximum Gasteiger partial charge on any atom is 0.354 e. The largest absolute Gasteiger partial charge is 0.464 e. The number of aromatic amines is 1. The quantitative estimate of drug-likeness (QED) is 0.801. The minimum Gasteiger partial charge on any atom is -0.464 e. The van der Waals surface area contributed by atoms with Crippen LogP contribution >= 0.6 is 0 Å².